The minimum absolute atomic E-state index is 0.260. The van der Waals surface area contributed by atoms with Crippen molar-refractivity contribution in [3.63, 3.8) is 0 Å². The lowest BCUT2D eigenvalue weighted by atomic mass is 9.98. The summed E-state index contributed by atoms with van der Waals surface area (Å²) in [5, 5.41) is 76.3. The molecular formula is C65H127NO10. The van der Waals surface area contributed by atoms with E-state index < -0.39 is 74.2 Å². The molecule has 1 fully saturated rings. The van der Waals surface area contributed by atoms with Gasteiger partial charge in [-0.2, -0.15) is 0 Å². The molecule has 0 bridgehead atoms. The first kappa shape index (κ1) is 72.9. The molecule has 11 heteroatoms. The van der Waals surface area contributed by atoms with Crippen LogP contribution in [-0.2, 0) is 14.3 Å². The highest BCUT2D eigenvalue weighted by Crippen LogP contribution is 2.24. The van der Waals surface area contributed by atoms with Crippen molar-refractivity contribution in [1.82, 2.24) is 5.32 Å². The van der Waals surface area contributed by atoms with Gasteiger partial charge in [-0.1, -0.05) is 302 Å². The monoisotopic (exact) mass is 1080 g/mol. The zero-order valence-corrected chi connectivity index (χ0v) is 49.8. The molecular weight excluding hydrogens is 955 g/mol. The Kier molecular flexibility index (Phi) is 52.2. The van der Waals surface area contributed by atoms with Crippen molar-refractivity contribution in [3.8, 4) is 0 Å². The van der Waals surface area contributed by atoms with Crippen LogP contribution in [0, 0.1) is 0 Å². The van der Waals surface area contributed by atoms with E-state index in [1.807, 2.05) is 0 Å². The molecule has 1 rings (SSSR count). The molecule has 8 N–H and O–H groups in total. The quantitative estimate of drug-likeness (QED) is 0.0215. The number of carbonyl (C=O) groups excluding carboxylic acids is 1. The number of unbranched alkanes of at least 4 members (excludes halogenated alkanes) is 44. The Labute approximate surface area is 468 Å². The summed E-state index contributed by atoms with van der Waals surface area (Å²) in [6, 6.07) is -1.18. The number of allylic oxidation sites excluding steroid dienone is 2. The average Bonchev–Trinajstić information content (AvgIpc) is 3.42. The van der Waals surface area contributed by atoms with Crippen molar-refractivity contribution in [1.29, 1.82) is 0 Å². The van der Waals surface area contributed by atoms with Gasteiger partial charge in [-0.3, -0.25) is 4.79 Å². The largest absolute Gasteiger partial charge is 0.394 e. The molecule has 0 radical (unpaired) electrons. The number of hydrogen-bond donors (Lipinski definition) is 8. The zero-order valence-electron chi connectivity index (χ0n) is 49.8. The van der Waals surface area contributed by atoms with E-state index in [9.17, 15) is 40.5 Å². The lowest BCUT2D eigenvalue weighted by Gasteiger charge is -2.40. The van der Waals surface area contributed by atoms with Crippen LogP contribution < -0.4 is 5.32 Å². The van der Waals surface area contributed by atoms with Gasteiger partial charge < -0.3 is 50.5 Å². The maximum absolute atomic E-state index is 13.2. The van der Waals surface area contributed by atoms with Crippen molar-refractivity contribution in [3.05, 3.63) is 12.2 Å². The standard InChI is InChI=1S/C65H127NO10/c1-3-5-7-9-11-13-15-17-19-21-23-25-26-27-28-29-30-31-32-33-35-37-39-41-43-45-47-49-51-53-58(69)64(74)66-56(55-75-65-63(73)62(72)61(71)59(54-67)76-65)60(70)57(68)52-50-48-46-44-42-40-38-36-34-24-22-20-18-16-14-12-10-8-6-4-2/h44,46,56-63,65,67-73H,3-43,45,47-55H2,1-2H3,(H,66,74)/b46-44+. The second-order valence-electron chi connectivity index (χ2n) is 23.5. The molecule has 452 valence electrons. The zero-order chi connectivity index (χ0) is 55.4. The lowest BCUT2D eigenvalue weighted by molar-refractivity contribution is -0.303. The van der Waals surface area contributed by atoms with Crippen LogP contribution in [-0.4, -0.2) is 110 Å². The smallest absolute Gasteiger partial charge is 0.249 e. The highest BCUT2D eigenvalue weighted by molar-refractivity contribution is 5.80. The maximum Gasteiger partial charge on any atom is 0.249 e. The first-order chi connectivity index (χ1) is 37.2. The number of ether oxygens (including phenoxy) is 2. The predicted molar refractivity (Wildman–Crippen MR) is 316 cm³/mol. The van der Waals surface area contributed by atoms with Crippen LogP contribution >= 0.6 is 0 Å². The molecule has 76 heavy (non-hydrogen) atoms. The first-order valence-corrected chi connectivity index (χ1v) is 33.1. The van der Waals surface area contributed by atoms with E-state index >= 15 is 0 Å². The van der Waals surface area contributed by atoms with Crippen molar-refractivity contribution in [2.45, 2.75) is 384 Å². The molecule has 1 saturated heterocycles. The summed E-state index contributed by atoms with van der Waals surface area (Å²) >= 11 is 0. The lowest BCUT2D eigenvalue weighted by Crippen LogP contribution is -2.60. The Morgan fingerprint density at radius 2 is 0.776 bits per heavy atom. The van der Waals surface area contributed by atoms with E-state index in [0.29, 0.717) is 12.8 Å². The van der Waals surface area contributed by atoms with Gasteiger partial charge in [0.1, 0.15) is 36.6 Å². The third-order valence-corrected chi connectivity index (χ3v) is 16.3. The minimum Gasteiger partial charge on any atom is -0.394 e. The molecule has 0 spiro atoms. The minimum atomic E-state index is -1.67. The Balaban J connectivity index is 2.22. The highest BCUT2D eigenvalue weighted by Gasteiger charge is 2.44. The van der Waals surface area contributed by atoms with Crippen molar-refractivity contribution >= 4 is 5.91 Å². The third-order valence-electron chi connectivity index (χ3n) is 16.3. The van der Waals surface area contributed by atoms with Crippen LogP contribution in [0.4, 0.5) is 0 Å². The Bertz CT molecular complexity index is 1240. The summed E-state index contributed by atoms with van der Waals surface area (Å²) in [5.41, 5.74) is 0. The molecule has 0 aromatic heterocycles. The summed E-state index contributed by atoms with van der Waals surface area (Å²) in [4.78, 5) is 13.2. The normalized spacial score (nSPS) is 19.6. The fourth-order valence-corrected chi connectivity index (χ4v) is 11.0. The van der Waals surface area contributed by atoms with Crippen molar-refractivity contribution in [2.75, 3.05) is 13.2 Å². The third kappa shape index (κ3) is 41.8. The molecule has 9 unspecified atom stereocenters. The number of carbonyl (C=O) groups is 1. The molecule has 0 saturated carbocycles. The van der Waals surface area contributed by atoms with Gasteiger partial charge in [0.15, 0.2) is 6.29 Å². The van der Waals surface area contributed by atoms with Gasteiger partial charge in [0.25, 0.3) is 0 Å². The average molecular weight is 1080 g/mol. The number of aliphatic hydroxyl groups is 7. The van der Waals surface area contributed by atoms with Gasteiger partial charge in [0.05, 0.1) is 25.4 Å². The second-order valence-corrected chi connectivity index (χ2v) is 23.5. The molecule has 9 atom stereocenters. The van der Waals surface area contributed by atoms with Crippen LogP contribution in [0.5, 0.6) is 0 Å². The van der Waals surface area contributed by atoms with Crippen LogP contribution in [0.3, 0.4) is 0 Å². The van der Waals surface area contributed by atoms with Gasteiger partial charge in [-0.25, -0.2) is 0 Å². The van der Waals surface area contributed by atoms with Crippen LogP contribution in [0.25, 0.3) is 0 Å². The number of hydrogen-bond acceptors (Lipinski definition) is 10. The molecule has 1 aliphatic rings. The maximum atomic E-state index is 13.2. The van der Waals surface area contributed by atoms with Crippen LogP contribution in [0.15, 0.2) is 12.2 Å². The second kappa shape index (κ2) is 54.4. The number of nitrogens with one attached hydrogen (secondary N) is 1. The molecule has 1 heterocycles. The summed E-state index contributed by atoms with van der Waals surface area (Å²) < 4.78 is 11.2. The summed E-state index contributed by atoms with van der Waals surface area (Å²) in [6.07, 6.45) is 54.3. The first-order valence-electron chi connectivity index (χ1n) is 33.1. The van der Waals surface area contributed by atoms with Crippen molar-refractivity contribution < 1.29 is 50.0 Å². The highest BCUT2D eigenvalue weighted by atomic mass is 16.7. The summed E-state index contributed by atoms with van der Waals surface area (Å²) in [5.74, 6) is -0.699. The van der Waals surface area contributed by atoms with E-state index in [2.05, 4.69) is 31.3 Å². The summed E-state index contributed by atoms with van der Waals surface area (Å²) in [6.45, 7) is 3.50. The van der Waals surface area contributed by atoms with E-state index in [-0.39, 0.29) is 12.8 Å². The molecule has 11 nitrogen and oxygen atoms in total. The molecule has 0 aromatic rings. The Morgan fingerprint density at radius 1 is 0.447 bits per heavy atom. The van der Waals surface area contributed by atoms with E-state index in [1.54, 1.807) is 0 Å². The topological polar surface area (TPSA) is 189 Å². The van der Waals surface area contributed by atoms with Crippen molar-refractivity contribution in [2.24, 2.45) is 0 Å². The van der Waals surface area contributed by atoms with Gasteiger partial charge in [-0.15, -0.1) is 0 Å². The van der Waals surface area contributed by atoms with E-state index in [0.717, 1.165) is 38.5 Å². The predicted octanol–water partition coefficient (Wildman–Crippen LogP) is 15.1. The van der Waals surface area contributed by atoms with Gasteiger partial charge in [0.2, 0.25) is 5.91 Å². The van der Waals surface area contributed by atoms with Crippen LogP contribution in [0.1, 0.15) is 328 Å². The summed E-state index contributed by atoms with van der Waals surface area (Å²) in [7, 11) is 0. The molecule has 0 aromatic carbocycles. The molecule has 1 aliphatic heterocycles. The number of amides is 1. The molecule has 0 aliphatic carbocycles. The Morgan fingerprint density at radius 3 is 1.13 bits per heavy atom. The van der Waals surface area contributed by atoms with E-state index in [4.69, 9.17) is 9.47 Å². The number of aliphatic hydroxyl groups excluding tert-OH is 7. The SMILES string of the molecule is CCCCCCCCCCCCCCCCC/C=C/CCCC(O)C(O)C(COC1OC(CO)C(O)C(O)C1O)NC(=O)C(O)CCCCCCCCCCCCCCCCCCCCCCCCCCCCCCC. The molecule has 1 amide bonds. The Hall–Kier alpha value is -1.15. The van der Waals surface area contributed by atoms with Gasteiger partial charge in [0, 0.05) is 0 Å². The number of rotatable bonds is 58. The van der Waals surface area contributed by atoms with E-state index in [1.165, 1.54) is 250 Å². The fourth-order valence-electron chi connectivity index (χ4n) is 11.0. The fraction of sp³-hybridized carbons (Fsp3) is 0.954. The van der Waals surface area contributed by atoms with Gasteiger partial charge in [-0.05, 0) is 38.5 Å². The van der Waals surface area contributed by atoms with Gasteiger partial charge >= 0.3 is 0 Å². The van der Waals surface area contributed by atoms with Crippen LogP contribution in [0.2, 0.25) is 0 Å².